The van der Waals surface area contributed by atoms with Gasteiger partial charge in [0.15, 0.2) is 0 Å². The number of allylic oxidation sites excluding steroid dienone is 1. The predicted molar refractivity (Wildman–Crippen MR) is 115 cm³/mol. The number of pyridine rings is 1. The lowest BCUT2D eigenvalue weighted by atomic mass is 9.79. The average molecular weight is 448 g/mol. The van der Waals surface area contributed by atoms with Crippen LogP contribution in [0.3, 0.4) is 0 Å². The van der Waals surface area contributed by atoms with Gasteiger partial charge in [0.1, 0.15) is 0 Å². The first-order valence-corrected chi connectivity index (χ1v) is 10.5. The lowest BCUT2D eigenvalue weighted by Gasteiger charge is -2.33. The molecule has 1 aromatic heterocycles. The van der Waals surface area contributed by atoms with Crippen molar-refractivity contribution in [2.45, 2.75) is 65.3 Å². The van der Waals surface area contributed by atoms with Crippen molar-refractivity contribution in [3.63, 3.8) is 0 Å². The van der Waals surface area contributed by atoms with Gasteiger partial charge in [-0.15, -0.1) is 0 Å². The molecule has 0 spiro atoms. The van der Waals surface area contributed by atoms with Crippen LogP contribution in [0.5, 0.6) is 5.88 Å². The van der Waals surface area contributed by atoms with Gasteiger partial charge in [0.05, 0.1) is 29.3 Å². The molecule has 5 nitrogen and oxygen atoms in total. The number of anilines is 1. The van der Waals surface area contributed by atoms with Crippen LogP contribution in [-0.2, 0) is 15.7 Å². The average Bonchev–Trinajstić information content (AvgIpc) is 2.71. The fourth-order valence-corrected chi connectivity index (χ4v) is 3.71. The number of nitrogens with zero attached hydrogens (tertiary/aromatic N) is 1. The van der Waals surface area contributed by atoms with Crippen molar-refractivity contribution in [3.05, 3.63) is 64.5 Å². The minimum Gasteiger partial charge on any atom is -0.475 e. The largest absolute Gasteiger partial charge is 0.475 e. The predicted octanol–water partition coefficient (Wildman–Crippen LogP) is 6.06. The molecule has 2 aromatic rings. The summed E-state index contributed by atoms with van der Waals surface area (Å²) in [5, 5.41) is 3.13. The Labute approximate surface area is 185 Å². The third-order valence-electron chi connectivity index (χ3n) is 5.28. The molecule has 3 rings (SSSR count). The van der Waals surface area contributed by atoms with Gasteiger partial charge >= 0.3 is 12.1 Å². The Hall–Kier alpha value is -3.03. The quantitative estimate of drug-likeness (QED) is 0.544. The van der Waals surface area contributed by atoms with Crippen molar-refractivity contribution in [1.29, 1.82) is 0 Å². The summed E-state index contributed by atoms with van der Waals surface area (Å²) in [5.74, 6) is -1.56. The van der Waals surface area contributed by atoms with E-state index >= 15 is 0 Å². The molecule has 0 bridgehead atoms. The van der Waals surface area contributed by atoms with Crippen LogP contribution in [0.1, 0.15) is 63.6 Å². The van der Waals surface area contributed by atoms with Crippen LogP contribution < -0.4 is 10.1 Å². The Balaban J connectivity index is 2.30. The Kier molecular flexibility index (Phi) is 6.81. The molecule has 1 aliphatic heterocycles. The second kappa shape index (κ2) is 9.22. The van der Waals surface area contributed by atoms with Crippen LogP contribution >= 0.6 is 0 Å². The molecular weight excluding hydrogens is 421 g/mol. The zero-order chi connectivity index (χ0) is 23.6. The van der Waals surface area contributed by atoms with Gasteiger partial charge < -0.3 is 14.8 Å². The first-order chi connectivity index (χ1) is 15.0. The monoisotopic (exact) mass is 448 g/mol. The van der Waals surface area contributed by atoms with E-state index in [0.717, 1.165) is 6.07 Å². The van der Waals surface area contributed by atoms with E-state index in [9.17, 15) is 18.0 Å². The molecule has 172 valence electrons. The van der Waals surface area contributed by atoms with Crippen molar-refractivity contribution in [1.82, 2.24) is 4.98 Å². The number of carbonyl (C=O) groups excluding carboxylic acids is 1. The van der Waals surface area contributed by atoms with Crippen LogP contribution in [0.25, 0.3) is 0 Å². The molecule has 1 aliphatic rings. The fourth-order valence-electron chi connectivity index (χ4n) is 3.71. The first-order valence-electron chi connectivity index (χ1n) is 10.5. The third kappa shape index (κ3) is 4.74. The summed E-state index contributed by atoms with van der Waals surface area (Å²) in [4.78, 5) is 17.5. The highest BCUT2D eigenvalue weighted by atomic mass is 19.4. The van der Waals surface area contributed by atoms with Crippen molar-refractivity contribution >= 4 is 11.7 Å². The highest BCUT2D eigenvalue weighted by Crippen LogP contribution is 2.49. The molecule has 8 heteroatoms. The normalized spacial score (nSPS) is 17.0. The third-order valence-corrected chi connectivity index (χ3v) is 5.28. The minimum atomic E-state index is -4.61. The van der Waals surface area contributed by atoms with Crippen LogP contribution in [0.2, 0.25) is 0 Å². The Morgan fingerprint density at radius 3 is 2.50 bits per heavy atom. The number of aromatic nitrogens is 1. The zero-order valence-corrected chi connectivity index (χ0v) is 18.7. The standard InChI is InChI=1S/C24H27F3N2O3/c1-6-14(4)32-23(30)19-15(5)29-18-11-12-28-22(31-13(2)3)21(18)20(19)16-9-7-8-10-17(16)24(25,26)27/h7-14,20,29H,6H2,1-5H3. The van der Waals surface area contributed by atoms with Crippen molar-refractivity contribution in [2.75, 3.05) is 5.32 Å². The van der Waals surface area contributed by atoms with E-state index in [1.165, 1.54) is 24.4 Å². The summed E-state index contributed by atoms with van der Waals surface area (Å²) < 4.78 is 53.3. The number of hydrogen-bond donors (Lipinski definition) is 1. The molecule has 0 fully saturated rings. The van der Waals surface area contributed by atoms with Crippen LogP contribution in [0.15, 0.2) is 47.8 Å². The van der Waals surface area contributed by atoms with E-state index in [-0.39, 0.29) is 29.2 Å². The number of ether oxygens (including phenoxy) is 2. The van der Waals surface area contributed by atoms with Gasteiger partial charge in [-0.05, 0) is 51.8 Å². The molecule has 0 amide bonds. The summed E-state index contributed by atoms with van der Waals surface area (Å²) in [5.41, 5.74) is 0.569. The van der Waals surface area contributed by atoms with Crippen molar-refractivity contribution < 1.29 is 27.4 Å². The summed E-state index contributed by atoms with van der Waals surface area (Å²) in [6.45, 7) is 8.86. The summed E-state index contributed by atoms with van der Waals surface area (Å²) >= 11 is 0. The topological polar surface area (TPSA) is 60.5 Å². The van der Waals surface area contributed by atoms with Crippen molar-refractivity contribution in [3.8, 4) is 5.88 Å². The molecule has 0 aliphatic carbocycles. The molecule has 2 unspecified atom stereocenters. The highest BCUT2D eigenvalue weighted by molar-refractivity contribution is 5.95. The molecule has 2 heterocycles. The summed E-state index contributed by atoms with van der Waals surface area (Å²) in [7, 11) is 0. The van der Waals surface area contributed by atoms with E-state index in [1.54, 1.807) is 33.8 Å². The van der Waals surface area contributed by atoms with Gasteiger partial charge in [-0.2, -0.15) is 13.2 Å². The zero-order valence-electron chi connectivity index (χ0n) is 18.7. The number of fused-ring (bicyclic) bond motifs is 1. The second-order valence-electron chi connectivity index (χ2n) is 8.05. The number of carbonyl (C=O) groups is 1. The number of benzene rings is 1. The van der Waals surface area contributed by atoms with Gasteiger partial charge in [0, 0.05) is 23.1 Å². The number of hydrogen-bond acceptors (Lipinski definition) is 5. The van der Waals surface area contributed by atoms with Crippen LogP contribution in [-0.4, -0.2) is 23.2 Å². The van der Waals surface area contributed by atoms with Crippen LogP contribution in [0, 0.1) is 0 Å². The van der Waals surface area contributed by atoms with Gasteiger partial charge in [-0.25, -0.2) is 9.78 Å². The number of alkyl halides is 3. The second-order valence-corrected chi connectivity index (χ2v) is 8.05. The molecule has 0 saturated heterocycles. The van der Waals surface area contributed by atoms with E-state index < -0.39 is 23.6 Å². The highest BCUT2D eigenvalue weighted by Gasteiger charge is 2.42. The molecule has 1 N–H and O–H groups in total. The van der Waals surface area contributed by atoms with Crippen LogP contribution in [0.4, 0.5) is 18.9 Å². The van der Waals surface area contributed by atoms with Gasteiger partial charge in [0.2, 0.25) is 5.88 Å². The van der Waals surface area contributed by atoms with Gasteiger partial charge in [0.25, 0.3) is 0 Å². The molecule has 0 saturated carbocycles. The lowest BCUT2D eigenvalue weighted by Crippen LogP contribution is -2.28. The molecule has 1 aromatic carbocycles. The number of nitrogens with one attached hydrogen (secondary N) is 1. The minimum absolute atomic E-state index is 0.0557. The Morgan fingerprint density at radius 1 is 1.19 bits per heavy atom. The van der Waals surface area contributed by atoms with E-state index in [0.29, 0.717) is 23.4 Å². The van der Waals surface area contributed by atoms with E-state index in [1.807, 2.05) is 6.92 Å². The molecule has 0 radical (unpaired) electrons. The van der Waals surface area contributed by atoms with E-state index in [2.05, 4.69) is 10.3 Å². The maximum atomic E-state index is 14.0. The van der Waals surface area contributed by atoms with Crippen molar-refractivity contribution in [2.24, 2.45) is 0 Å². The van der Waals surface area contributed by atoms with Gasteiger partial charge in [-0.1, -0.05) is 25.1 Å². The Bertz CT molecular complexity index is 1030. The fraction of sp³-hybridized carbons (Fsp3) is 0.417. The lowest BCUT2D eigenvalue weighted by molar-refractivity contribution is -0.144. The number of halogens is 3. The maximum absolute atomic E-state index is 14.0. The summed E-state index contributed by atoms with van der Waals surface area (Å²) in [6, 6.07) is 6.92. The first kappa shape index (κ1) is 23.6. The SMILES string of the molecule is CCC(C)OC(=O)C1=C(C)Nc2ccnc(OC(C)C)c2C1c1ccccc1C(F)(F)F. The van der Waals surface area contributed by atoms with E-state index in [4.69, 9.17) is 9.47 Å². The Morgan fingerprint density at radius 2 is 1.88 bits per heavy atom. The molecule has 2 atom stereocenters. The number of esters is 1. The molecule has 32 heavy (non-hydrogen) atoms. The maximum Gasteiger partial charge on any atom is 0.416 e. The number of rotatable bonds is 6. The molecular formula is C24H27F3N2O3. The summed E-state index contributed by atoms with van der Waals surface area (Å²) in [6.07, 6.45) is -3.16. The van der Waals surface area contributed by atoms with Gasteiger partial charge in [-0.3, -0.25) is 0 Å². The smallest absolute Gasteiger partial charge is 0.416 e.